The minimum atomic E-state index is -1.14. The lowest BCUT2D eigenvalue weighted by Gasteiger charge is -2.14. The molecule has 192 valence electrons. The summed E-state index contributed by atoms with van der Waals surface area (Å²) in [6.45, 7) is 1.52. The van der Waals surface area contributed by atoms with E-state index in [9.17, 15) is 14.0 Å². The highest BCUT2D eigenvalue weighted by Gasteiger charge is 2.27. The summed E-state index contributed by atoms with van der Waals surface area (Å²) in [6, 6.07) is 8.19. The van der Waals surface area contributed by atoms with Crippen molar-refractivity contribution in [1.82, 2.24) is 10.3 Å². The molecule has 0 saturated carbocycles. The maximum absolute atomic E-state index is 14.2. The van der Waals surface area contributed by atoms with Crippen LogP contribution in [0.3, 0.4) is 0 Å². The van der Waals surface area contributed by atoms with Crippen molar-refractivity contribution in [2.45, 2.75) is 19.9 Å². The lowest BCUT2D eigenvalue weighted by Crippen LogP contribution is -2.22. The molecule has 0 bridgehead atoms. The largest absolute Gasteiger partial charge is 0.493 e. The fraction of sp³-hybridized carbons (Fsp3) is 0.222. The maximum Gasteiger partial charge on any atom is 0.341 e. The normalized spacial score (nSPS) is 13.5. The summed E-state index contributed by atoms with van der Waals surface area (Å²) in [7, 11) is 2.86. The van der Waals surface area contributed by atoms with E-state index < -0.39 is 18.4 Å². The number of benzene rings is 1. The van der Waals surface area contributed by atoms with Gasteiger partial charge in [0.15, 0.2) is 18.1 Å². The molecule has 1 aliphatic carbocycles. The molecule has 0 spiro atoms. The monoisotopic (exact) mass is 508 g/mol. The van der Waals surface area contributed by atoms with Crippen LogP contribution in [0.4, 0.5) is 4.39 Å². The second-order valence-electron chi connectivity index (χ2n) is 8.18. The van der Waals surface area contributed by atoms with Gasteiger partial charge in [-0.1, -0.05) is 0 Å². The number of furan rings is 1. The number of hydrogen-bond acceptors (Lipinski definition) is 7. The zero-order chi connectivity index (χ0) is 26.5. The van der Waals surface area contributed by atoms with Crippen LogP contribution in [0.5, 0.6) is 17.2 Å². The molecule has 9 nitrogen and oxygen atoms in total. The van der Waals surface area contributed by atoms with Crippen LogP contribution in [0.15, 0.2) is 52.8 Å². The van der Waals surface area contributed by atoms with Crippen molar-refractivity contribution in [3.8, 4) is 17.2 Å². The van der Waals surface area contributed by atoms with E-state index in [1.54, 1.807) is 24.3 Å². The smallest absolute Gasteiger partial charge is 0.341 e. The fourth-order valence-corrected chi connectivity index (χ4v) is 4.08. The zero-order valence-corrected chi connectivity index (χ0v) is 20.5. The molecule has 37 heavy (non-hydrogen) atoms. The summed E-state index contributed by atoms with van der Waals surface area (Å²) in [5.74, 6) is -0.568. The van der Waals surface area contributed by atoms with Gasteiger partial charge in [-0.3, -0.25) is 9.78 Å². The maximum atomic E-state index is 14.2. The van der Waals surface area contributed by atoms with Crippen molar-refractivity contribution >= 4 is 29.1 Å². The van der Waals surface area contributed by atoms with E-state index in [1.165, 1.54) is 26.5 Å². The SMILES string of the molecule is COc1cc(C=C2C(C)=C(CC(=O)NCc3ccco3)c3cc(F)cnc32)cc(OC)c1OCC(=O)O. The van der Waals surface area contributed by atoms with Crippen LogP contribution < -0.4 is 19.5 Å². The quantitative estimate of drug-likeness (QED) is 0.415. The molecule has 1 aromatic carbocycles. The number of methoxy groups -OCH3 is 2. The van der Waals surface area contributed by atoms with Crippen LogP contribution in [0, 0.1) is 5.82 Å². The predicted octanol–water partition coefficient (Wildman–Crippen LogP) is 4.33. The number of nitrogens with one attached hydrogen (secondary N) is 1. The number of allylic oxidation sites excluding steroid dienone is 2. The van der Waals surface area contributed by atoms with E-state index >= 15 is 0 Å². The Morgan fingerprint density at radius 1 is 1.19 bits per heavy atom. The number of carboxylic acid groups (broad SMARTS) is 1. The third-order valence-corrected chi connectivity index (χ3v) is 5.80. The summed E-state index contributed by atoms with van der Waals surface area (Å²) >= 11 is 0. The molecule has 4 rings (SSSR count). The molecule has 0 unspecified atom stereocenters. The van der Waals surface area contributed by atoms with Gasteiger partial charge in [0.25, 0.3) is 0 Å². The van der Waals surface area contributed by atoms with Crippen molar-refractivity contribution in [3.05, 3.63) is 76.8 Å². The van der Waals surface area contributed by atoms with Gasteiger partial charge in [0.05, 0.1) is 45.3 Å². The Kier molecular flexibility index (Phi) is 7.57. The van der Waals surface area contributed by atoms with Gasteiger partial charge in [0.1, 0.15) is 11.6 Å². The second kappa shape index (κ2) is 11.0. The number of nitrogens with zero attached hydrogens (tertiary/aromatic N) is 1. The van der Waals surface area contributed by atoms with E-state index in [-0.39, 0.29) is 36.1 Å². The van der Waals surface area contributed by atoms with E-state index in [0.717, 1.165) is 11.8 Å². The van der Waals surface area contributed by atoms with Gasteiger partial charge in [0.2, 0.25) is 11.7 Å². The Morgan fingerprint density at radius 3 is 2.54 bits per heavy atom. The van der Waals surface area contributed by atoms with Crippen molar-refractivity contribution in [1.29, 1.82) is 0 Å². The van der Waals surface area contributed by atoms with Gasteiger partial charge in [-0.15, -0.1) is 0 Å². The van der Waals surface area contributed by atoms with Gasteiger partial charge in [-0.25, -0.2) is 9.18 Å². The van der Waals surface area contributed by atoms with Gasteiger partial charge >= 0.3 is 5.97 Å². The first-order valence-electron chi connectivity index (χ1n) is 11.3. The third kappa shape index (κ3) is 5.64. The molecular weight excluding hydrogens is 483 g/mol. The molecule has 2 aromatic heterocycles. The van der Waals surface area contributed by atoms with Gasteiger partial charge < -0.3 is 29.1 Å². The molecular formula is C27H25FN2O7. The number of halogens is 1. The van der Waals surface area contributed by atoms with E-state index in [4.69, 9.17) is 23.7 Å². The van der Waals surface area contributed by atoms with Gasteiger partial charge in [0, 0.05) is 11.1 Å². The highest BCUT2D eigenvalue weighted by Crippen LogP contribution is 2.44. The third-order valence-electron chi connectivity index (χ3n) is 5.80. The summed E-state index contributed by atoms with van der Waals surface area (Å²) in [4.78, 5) is 28.0. The molecule has 0 atom stereocenters. The first kappa shape index (κ1) is 25.5. The fourth-order valence-electron chi connectivity index (χ4n) is 4.08. The Labute approximate surface area is 212 Å². The summed E-state index contributed by atoms with van der Waals surface area (Å²) in [5, 5.41) is 11.8. The summed E-state index contributed by atoms with van der Waals surface area (Å²) < 4.78 is 35.6. The van der Waals surface area contributed by atoms with E-state index in [0.29, 0.717) is 33.7 Å². The Hall–Kier alpha value is -4.60. The number of pyridine rings is 1. The number of aromatic nitrogens is 1. The zero-order valence-electron chi connectivity index (χ0n) is 20.5. The summed E-state index contributed by atoms with van der Waals surface area (Å²) in [5.41, 5.74) is 3.85. The molecule has 0 fully saturated rings. The first-order chi connectivity index (χ1) is 17.8. The number of carboxylic acids is 1. The van der Waals surface area contributed by atoms with Crippen LogP contribution in [0.1, 0.15) is 35.9 Å². The number of amides is 1. The lowest BCUT2D eigenvalue weighted by atomic mass is 10.0. The van der Waals surface area contributed by atoms with Crippen LogP contribution >= 0.6 is 0 Å². The number of ether oxygens (including phenoxy) is 3. The second-order valence-corrected chi connectivity index (χ2v) is 8.18. The number of fused-ring (bicyclic) bond motifs is 1. The number of rotatable bonds is 10. The number of aliphatic carboxylic acids is 1. The lowest BCUT2D eigenvalue weighted by molar-refractivity contribution is -0.139. The average molecular weight is 509 g/mol. The van der Waals surface area contributed by atoms with E-state index in [1.807, 2.05) is 13.0 Å². The number of carbonyl (C=O) groups excluding carboxylic acids is 1. The Balaban J connectivity index is 1.69. The first-order valence-corrected chi connectivity index (χ1v) is 11.3. The average Bonchev–Trinajstić information content (AvgIpc) is 3.48. The number of hydrogen-bond donors (Lipinski definition) is 2. The number of carbonyl (C=O) groups is 2. The van der Waals surface area contributed by atoms with Crippen LogP contribution in [-0.4, -0.2) is 42.8 Å². The van der Waals surface area contributed by atoms with E-state index in [2.05, 4.69) is 10.3 Å². The van der Waals surface area contributed by atoms with Crippen LogP contribution in [-0.2, 0) is 16.1 Å². The highest BCUT2D eigenvalue weighted by molar-refractivity contribution is 6.07. The Morgan fingerprint density at radius 2 is 1.92 bits per heavy atom. The topological polar surface area (TPSA) is 120 Å². The van der Waals surface area contributed by atoms with Crippen molar-refractivity contribution in [2.24, 2.45) is 0 Å². The molecule has 0 aliphatic heterocycles. The summed E-state index contributed by atoms with van der Waals surface area (Å²) in [6.07, 6.45) is 4.50. The molecule has 3 aromatic rings. The van der Waals surface area contributed by atoms with Gasteiger partial charge in [-0.05, 0) is 60.0 Å². The minimum Gasteiger partial charge on any atom is -0.493 e. The van der Waals surface area contributed by atoms with Gasteiger partial charge in [-0.2, -0.15) is 0 Å². The molecule has 0 saturated heterocycles. The van der Waals surface area contributed by atoms with Crippen molar-refractivity contribution in [2.75, 3.05) is 20.8 Å². The standard InChI is InChI=1S/C27H25FN2O7/c1-15-19(11-24(31)29-13-18-5-4-6-36-18)21-10-17(28)12-30-26(21)20(15)7-16-8-22(34-2)27(23(9-16)35-3)37-14-25(32)33/h4-10,12H,11,13-14H2,1-3H3,(H,29,31)(H,32,33). The molecule has 0 radical (unpaired) electrons. The highest BCUT2D eigenvalue weighted by atomic mass is 19.1. The van der Waals surface area contributed by atoms with Crippen LogP contribution in [0.25, 0.3) is 17.2 Å². The van der Waals surface area contributed by atoms with Crippen LogP contribution in [0.2, 0.25) is 0 Å². The minimum absolute atomic E-state index is 0.0244. The molecule has 1 aliphatic rings. The predicted molar refractivity (Wildman–Crippen MR) is 133 cm³/mol. The molecule has 2 heterocycles. The Bertz CT molecular complexity index is 1370. The van der Waals surface area contributed by atoms with Crippen molar-refractivity contribution < 1.29 is 37.7 Å². The van der Waals surface area contributed by atoms with Crippen molar-refractivity contribution in [3.63, 3.8) is 0 Å². The molecule has 2 N–H and O–H groups in total. The molecule has 10 heteroatoms. The molecule has 1 amide bonds.